The van der Waals surface area contributed by atoms with Gasteiger partial charge in [0.05, 0.1) is 19.4 Å². The van der Waals surface area contributed by atoms with Gasteiger partial charge < -0.3 is 10.1 Å². The number of ether oxygens (including phenoxy) is 1. The summed E-state index contributed by atoms with van der Waals surface area (Å²) in [5.74, 6) is 0. The Labute approximate surface area is 126 Å². The molecule has 2 heterocycles. The SMILES string of the molecule is CCNCCCn1cc(S(=O)(=O)N2CCOCC2C)cn1. The zero-order chi connectivity index (χ0) is 15.3. The molecule has 0 radical (unpaired) electrons. The van der Waals surface area contributed by atoms with E-state index < -0.39 is 10.0 Å². The van der Waals surface area contributed by atoms with Crippen molar-refractivity contribution in [1.82, 2.24) is 19.4 Å². The van der Waals surface area contributed by atoms with E-state index in [9.17, 15) is 8.42 Å². The van der Waals surface area contributed by atoms with Crippen LogP contribution in [0, 0.1) is 0 Å². The fourth-order valence-corrected chi connectivity index (χ4v) is 3.90. The van der Waals surface area contributed by atoms with E-state index >= 15 is 0 Å². The molecule has 1 N–H and O–H groups in total. The van der Waals surface area contributed by atoms with Crippen molar-refractivity contribution in [3.05, 3.63) is 12.4 Å². The van der Waals surface area contributed by atoms with Crippen molar-refractivity contribution in [2.75, 3.05) is 32.8 Å². The van der Waals surface area contributed by atoms with Crippen LogP contribution in [0.15, 0.2) is 17.3 Å². The zero-order valence-corrected chi connectivity index (χ0v) is 13.5. The van der Waals surface area contributed by atoms with Crippen LogP contribution in [0.4, 0.5) is 0 Å². The van der Waals surface area contributed by atoms with E-state index in [-0.39, 0.29) is 10.9 Å². The van der Waals surface area contributed by atoms with Gasteiger partial charge in [0.25, 0.3) is 0 Å². The fraction of sp³-hybridized carbons (Fsp3) is 0.769. The molecule has 1 unspecified atom stereocenters. The average Bonchev–Trinajstić information content (AvgIpc) is 2.93. The molecule has 0 saturated carbocycles. The van der Waals surface area contributed by atoms with Gasteiger partial charge in [-0.25, -0.2) is 8.42 Å². The molecular formula is C13H24N4O3S. The van der Waals surface area contributed by atoms with Crippen molar-refractivity contribution in [2.24, 2.45) is 0 Å². The molecule has 0 aromatic carbocycles. The highest BCUT2D eigenvalue weighted by Gasteiger charge is 2.32. The predicted molar refractivity (Wildman–Crippen MR) is 79.6 cm³/mol. The topological polar surface area (TPSA) is 76.5 Å². The molecule has 2 rings (SSSR count). The van der Waals surface area contributed by atoms with Crippen molar-refractivity contribution in [3.63, 3.8) is 0 Å². The molecule has 1 aromatic heterocycles. The molecule has 0 amide bonds. The molecule has 21 heavy (non-hydrogen) atoms. The Balaban J connectivity index is 2.02. The monoisotopic (exact) mass is 316 g/mol. The van der Waals surface area contributed by atoms with E-state index in [1.807, 2.05) is 6.92 Å². The summed E-state index contributed by atoms with van der Waals surface area (Å²) in [6.45, 7) is 7.75. The lowest BCUT2D eigenvalue weighted by atomic mass is 10.3. The maximum Gasteiger partial charge on any atom is 0.246 e. The third kappa shape index (κ3) is 4.03. The molecule has 8 heteroatoms. The first-order chi connectivity index (χ1) is 10.1. The lowest BCUT2D eigenvalue weighted by Crippen LogP contribution is -2.46. The largest absolute Gasteiger partial charge is 0.378 e. The molecule has 7 nitrogen and oxygen atoms in total. The second-order valence-electron chi connectivity index (χ2n) is 5.19. The predicted octanol–water partition coefficient (Wildman–Crippen LogP) is 0.292. The Kier molecular flexibility index (Phi) is 5.74. The number of aryl methyl sites for hydroxylation is 1. The van der Waals surface area contributed by atoms with Crippen LogP contribution in [0.3, 0.4) is 0 Å². The molecule has 1 atom stereocenters. The number of aromatic nitrogens is 2. The Hall–Kier alpha value is -0.960. The number of hydrogen-bond acceptors (Lipinski definition) is 5. The summed E-state index contributed by atoms with van der Waals surface area (Å²) in [6, 6.07) is -0.138. The minimum absolute atomic E-state index is 0.138. The quantitative estimate of drug-likeness (QED) is 0.732. The number of morpholine rings is 1. The van der Waals surface area contributed by atoms with E-state index in [2.05, 4.69) is 17.3 Å². The molecule has 1 aliphatic rings. The Morgan fingerprint density at radius 3 is 3.05 bits per heavy atom. The molecule has 1 saturated heterocycles. The minimum atomic E-state index is -3.47. The van der Waals surface area contributed by atoms with Gasteiger partial charge in [-0.2, -0.15) is 9.40 Å². The van der Waals surface area contributed by atoms with Crippen LogP contribution < -0.4 is 5.32 Å². The van der Waals surface area contributed by atoms with Crippen LogP contribution in [-0.2, 0) is 21.3 Å². The van der Waals surface area contributed by atoms with Gasteiger partial charge in [0.1, 0.15) is 4.90 Å². The Morgan fingerprint density at radius 2 is 2.33 bits per heavy atom. The van der Waals surface area contributed by atoms with Crippen LogP contribution in [0.5, 0.6) is 0 Å². The Bertz CT molecular complexity index is 543. The highest BCUT2D eigenvalue weighted by atomic mass is 32.2. The Morgan fingerprint density at radius 1 is 1.52 bits per heavy atom. The van der Waals surface area contributed by atoms with E-state index in [4.69, 9.17) is 4.74 Å². The highest BCUT2D eigenvalue weighted by Crippen LogP contribution is 2.19. The molecule has 0 aliphatic carbocycles. The number of nitrogens with one attached hydrogen (secondary N) is 1. The lowest BCUT2D eigenvalue weighted by Gasteiger charge is -2.31. The first kappa shape index (κ1) is 16.4. The molecule has 1 fully saturated rings. The van der Waals surface area contributed by atoms with Crippen LogP contribution in [-0.4, -0.2) is 61.4 Å². The van der Waals surface area contributed by atoms with Gasteiger partial charge in [-0.3, -0.25) is 4.68 Å². The van der Waals surface area contributed by atoms with Crippen molar-refractivity contribution in [3.8, 4) is 0 Å². The van der Waals surface area contributed by atoms with E-state index in [0.717, 1.165) is 19.5 Å². The van der Waals surface area contributed by atoms with E-state index in [0.29, 0.717) is 26.3 Å². The normalized spacial score (nSPS) is 20.8. The second-order valence-corrected chi connectivity index (χ2v) is 7.08. The molecule has 120 valence electrons. The smallest absolute Gasteiger partial charge is 0.246 e. The van der Waals surface area contributed by atoms with Crippen molar-refractivity contribution < 1.29 is 13.2 Å². The molecule has 1 aliphatic heterocycles. The van der Waals surface area contributed by atoms with Crippen LogP contribution in [0.2, 0.25) is 0 Å². The maximum absolute atomic E-state index is 12.6. The lowest BCUT2D eigenvalue weighted by molar-refractivity contribution is 0.0392. The van der Waals surface area contributed by atoms with Crippen LogP contribution in [0.1, 0.15) is 20.3 Å². The third-order valence-corrected chi connectivity index (χ3v) is 5.48. The zero-order valence-electron chi connectivity index (χ0n) is 12.7. The molecule has 0 bridgehead atoms. The van der Waals surface area contributed by atoms with Crippen molar-refractivity contribution in [1.29, 1.82) is 0 Å². The van der Waals surface area contributed by atoms with Crippen LogP contribution in [0.25, 0.3) is 0 Å². The van der Waals surface area contributed by atoms with Crippen LogP contribution >= 0.6 is 0 Å². The maximum atomic E-state index is 12.6. The highest BCUT2D eigenvalue weighted by molar-refractivity contribution is 7.89. The number of sulfonamides is 1. The van der Waals surface area contributed by atoms with Gasteiger partial charge in [0, 0.05) is 25.3 Å². The van der Waals surface area contributed by atoms with E-state index in [1.54, 1.807) is 10.9 Å². The van der Waals surface area contributed by atoms with Gasteiger partial charge in [-0.05, 0) is 26.4 Å². The number of rotatable bonds is 7. The molecule has 1 aromatic rings. The summed E-state index contributed by atoms with van der Waals surface area (Å²) in [5, 5.41) is 7.38. The average molecular weight is 316 g/mol. The summed E-state index contributed by atoms with van der Waals surface area (Å²) < 4.78 is 33.7. The van der Waals surface area contributed by atoms with E-state index in [1.165, 1.54) is 10.5 Å². The molecular weight excluding hydrogens is 292 g/mol. The first-order valence-electron chi connectivity index (χ1n) is 7.38. The number of nitrogens with zero attached hydrogens (tertiary/aromatic N) is 3. The summed E-state index contributed by atoms with van der Waals surface area (Å²) in [6.07, 6.45) is 3.97. The van der Waals surface area contributed by atoms with Crippen molar-refractivity contribution >= 4 is 10.0 Å². The second kappa shape index (κ2) is 7.35. The molecule has 0 spiro atoms. The van der Waals surface area contributed by atoms with Gasteiger partial charge in [0.15, 0.2) is 0 Å². The van der Waals surface area contributed by atoms with Gasteiger partial charge in [-0.1, -0.05) is 6.92 Å². The summed E-state index contributed by atoms with van der Waals surface area (Å²) in [5.41, 5.74) is 0. The summed E-state index contributed by atoms with van der Waals surface area (Å²) in [4.78, 5) is 0.264. The van der Waals surface area contributed by atoms with Gasteiger partial charge >= 0.3 is 0 Å². The minimum Gasteiger partial charge on any atom is -0.378 e. The van der Waals surface area contributed by atoms with Crippen molar-refractivity contribution in [2.45, 2.75) is 37.8 Å². The standard InChI is InChI=1S/C13H24N4O3S/c1-3-14-5-4-6-16-10-13(9-15-16)21(18,19)17-7-8-20-11-12(17)2/h9-10,12,14H,3-8,11H2,1-2H3. The first-order valence-corrected chi connectivity index (χ1v) is 8.82. The third-order valence-electron chi connectivity index (χ3n) is 3.51. The van der Waals surface area contributed by atoms with Gasteiger partial charge in [-0.15, -0.1) is 0 Å². The van der Waals surface area contributed by atoms with Gasteiger partial charge in [0.2, 0.25) is 10.0 Å². The summed E-state index contributed by atoms with van der Waals surface area (Å²) >= 11 is 0. The fourth-order valence-electron chi connectivity index (χ4n) is 2.35. The summed E-state index contributed by atoms with van der Waals surface area (Å²) in [7, 11) is -3.47. The number of hydrogen-bond donors (Lipinski definition) is 1.